The summed E-state index contributed by atoms with van der Waals surface area (Å²) in [4.78, 5) is 13.3. The van der Waals surface area contributed by atoms with Crippen LogP contribution in [0.3, 0.4) is 0 Å². The third-order valence-corrected chi connectivity index (χ3v) is 5.76. The Hall–Kier alpha value is -5.30. The zero-order chi connectivity index (χ0) is 25.6. The fraction of sp³-hybridized carbons (Fsp3) is 0. The van der Waals surface area contributed by atoms with Gasteiger partial charge in [0.05, 0.1) is 17.0 Å². The molecule has 0 aliphatic rings. The van der Waals surface area contributed by atoms with E-state index in [1.165, 1.54) is 0 Å². The van der Waals surface area contributed by atoms with E-state index < -0.39 is 5.91 Å². The molecule has 180 valence electrons. The van der Waals surface area contributed by atoms with E-state index in [0.29, 0.717) is 22.5 Å². The number of fused-ring (bicyclic) bond motifs is 1. The quantitative estimate of drug-likeness (QED) is 0.107. The second-order valence-electron chi connectivity index (χ2n) is 8.27. The van der Waals surface area contributed by atoms with E-state index in [0.717, 1.165) is 16.5 Å². The van der Waals surface area contributed by atoms with Gasteiger partial charge in [0.15, 0.2) is 5.75 Å². The molecule has 5 aromatic rings. The Bertz CT molecular complexity index is 1570. The number of azo groups is 1. The van der Waals surface area contributed by atoms with Crippen LogP contribution in [0.25, 0.3) is 10.8 Å². The summed E-state index contributed by atoms with van der Waals surface area (Å²) in [6, 6.07) is 34.9. The van der Waals surface area contributed by atoms with E-state index in [9.17, 15) is 9.90 Å². The number of benzene rings is 5. The SMILES string of the molecule is Nc1ccc(N=Nc2c(O)c(C(=O)NN=C(c3ccccc3)c3ccccc3)cc3ccccc23)cc1. The lowest BCUT2D eigenvalue weighted by Crippen LogP contribution is -2.20. The fourth-order valence-corrected chi connectivity index (χ4v) is 3.90. The lowest BCUT2D eigenvalue weighted by molar-refractivity contribution is 0.0952. The molecule has 0 unspecified atom stereocenters. The van der Waals surface area contributed by atoms with E-state index in [1.807, 2.05) is 84.9 Å². The van der Waals surface area contributed by atoms with Gasteiger partial charge in [-0.3, -0.25) is 4.79 Å². The molecule has 0 heterocycles. The number of nitrogens with one attached hydrogen (secondary N) is 1. The second-order valence-corrected chi connectivity index (χ2v) is 8.27. The normalized spacial score (nSPS) is 10.9. The Morgan fingerprint density at radius 3 is 1.97 bits per heavy atom. The minimum absolute atomic E-state index is 0.0363. The number of hydrogen-bond acceptors (Lipinski definition) is 6. The number of hydrogen-bond donors (Lipinski definition) is 3. The van der Waals surface area contributed by atoms with Crippen LogP contribution in [0.2, 0.25) is 0 Å². The smallest absolute Gasteiger partial charge is 0.275 e. The fourth-order valence-electron chi connectivity index (χ4n) is 3.90. The Morgan fingerprint density at radius 2 is 1.32 bits per heavy atom. The van der Waals surface area contributed by atoms with Gasteiger partial charge in [0.1, 0.15) is 5.69 Å². The van der Waals surface area contributed by atoms with Crippen LogP contribution in [0.15, 0.2) is 131 Å². The van der Waals surface area contributed by atoms with Gasteiger partial charge in [0.2, 0.25) is 0 Å². The summed E-state index contributed by atoms with van der Waals surface area (Å²) < 4.78 is 0. The van der Waals surface area contributed by atoms with Crippen LogP contribution in [0.4, 0.5) is 17.1 Å². The van der Waals surface area contributed by atoms with Gasteiger partial charge < -0.3 is 10.8 Å². The molecule has 7 heteroatoms. The maximum atomic E-state index is 13.3. The minimum atomic E-state index is -0.573. The molecule has 0 saturated carbocycles. The minimum Gasteiger partial charge on any atom is -0.505 e. The largest absolute Gasteiger partial charge is 0.505 e. The monoisotopic (exact) mass is 485 g/mol. The summed E-state index contributed by atoms with van der Waals surface area (Å²) in [5.41, 5.74) is 12.0. The Morgan fingerprint density at radius 1 is 0.730 bits per heavy atom. The first-order chi connectivity index (χ1) is 18.1. The summed E-state index contributed by atoms with van der Waals surface area (Å²) in [6.07, 6.45) is 0. The van der Waals surface area contributed by atoms with Crippen molar-refractivity contribution in [3.63, 3.8) is 0 Å². The van der Waals surface area contributed by atoms with E-state index in [2.05, 4.69) is 20.8 Å². The lowest BCUT2D eigenvalue weighted by Gasteiger charge is -2.11. The molecular formula is C30H23N5O2. The van der Waals surface area contributed by atoms with Crippen LogP contribution in [-0.2, 0) is 0 Å². The molecule has 5 aromatic carbocycles. The van der Waals surface area contributed by atoms with Crippen LogP contribution in [-0.4, -0.2) is 16.7 Å². The Balaban J connectivity index is 1.53. The van der Waals surface area contributed by atoms with Gasteiger partial charge in [-0.25, -0.2) is 5.43 Å². The molecule has 4 N–H and O–H groups in total. The highest BCUT2D eigenvalue weighted by atomic mass is 16.3. The van der Waals surface area contributed by atoms with Crippen molar-refractivity contribution < 1.29 is 9.90 Å². The third kappa shape index (κ3) is 5.21. The van der Waals surface area contributed by atoms with Gasteiger partial charge >= 0.3 is 0 Å². The number of aromatic hydroxyl groups is 1. The van der Waals surface area contributed by atoms with Crippen molar-refractivity contribution in [3.05, 3.63) is 132 Å². The summed E-state index contributed by atoms with van der Waals surface area (Å²) >= 11 is 0. The van der Waals surface area contributed by atoms with E-state index >= 15 is 0 Å². The molecule has 0 bridgehead atoms. The van der Waals surface area contributed by atoms with Gasteiger partial charge in [-0.05, 0) is 35.7 Å². The van der Waals surface area contributed by atoms with Gasteiger partial charge in [0.25, 0.3) is 5.91 Å². The van der Waals surface area contributed by atoms with Crippen LogP contribution >= 0.6 is 0 Å². The Labute approximate surface area is 213 Å². The van der Waals surface area contributed by atoms with Crippen molar-refractivity contribution in [1.82, 2.24) is 5.43 Å². The number of carbonyl (C=O) groups excluding carboxylic acids is 1. The molecule has 0 aliphatic carbocycles. The van der Waals surface area contributed by atoms with Crippen LogP contribution < -0.4 is 11.2 Å². The number of nitrogens with two attached hydrogens (primary N) is 1. The Kier molecular flexibility index (Phi) is 6.67. The zero-order valence-corrected chi connectivity index (χ0v) is 19.7. The average molecular weight is 486 g/mol. The van der Waals surface area contributed by atoms with Crippen molar-refractivity contribution in [3.8, 4) is 5.75 Å². The van der Waals surface area contributed by atoms with Crippen molar-refractivity contribution in [2.45, 2.75) is 0 Å². The van der Waals surface area contributed by atoms with E-state index in [1.54, 1.807) is 30.3 Å². The molecular weight excluding hydrogens is 462 g/mol. The maximum Gasteiger partial charge on any atom is 0.275 e. The number of anilines is 1. The predicted molar refractivity (Wildman–Crippen MR) is 147 cm³/mol. The molecule has 0 spiro atoms. The van der Waals surface area contributed by atoms with Crippen molar-refractivity contribution in [2.75, 3.05) is 5.73 Å². The summed E-state index contributed by atoms with van der Waals surface area (Å²) in [5.74, 6) is -0.858. The number of phenolic OH excluding ortho intramolecular Hbond substituents is 1. The third-order valence-electron chi connectivity index (χ3n) is 5.76. The first kappa shape index (κ1) is 23.4. The lowest BCUT2D eigenvalue weighted by atomic mass is 10.0. The topological polar surface area (TPSA) is 112 Å². The van der Waals surface area contributed by atoms with Crippen LogP contribution in [0, 0.1) is 0 Å². The van der Waals surface area contributed by atoms with Gasteiger partial charge in [-0.1, -0.05) is 84.9 Å². The highest BCUT2D eigenvalue weighted by Gasteiger charge is 2.19. The number of hydrazone groups is 1. The number of nitrogens with zero attached hydrogens (tertiary/aromatic N) is 3. The van der Waals surface area contributed by atoms with Crippen molar-refractivity contribution in [2.24, 2.45) is 15.3 Å². The number of amides is 1. The molecule has 1 amide bonds. The molecule has 0 aliphatic heterocycles. The van der Waals surface area contributed by atoms with E-state index in [4.69, 9.17) is 5.73 Å². The van der Waals surface area contributed by atoms with Crippen LogP contribution in [0.5, 0.6) is 5.75 Å². The number of carbonyl (C=O) groups is 1. The van der Waals surface area contributed by atoms with E-state index in [-0.39, 0.29) is 17.0 Å². The van der Waals surface area contributed by atoms with Crippen molar-refractivity contribution in [1.29, 1.82) is 0 Å². The zero-order valence-electron chi connectivity index (χ0n) is 19.7. The molecule has 0 atom stereocenters. The van der Waals surface area contributed by atoms with Gasteiger partial charge in [-0.2, -0.15) is 10.2 Å². The maximum absolute atomic E-state index is 13.3. The van der Waals surface area contributed by atoms with Gasteiger partial charge in [-0.15, -0.1) is 5.11 Å². The highest BCUT2D eigenvalue weighted by molar-refractivity contribution is 6.14. The molecule has 0 radical (unpaired) electrons. The van der Waals surface area contributed by atoms with Crippen LogP contribution in [0.1, 0.15) is 21.5 Å². The predicted octanol–water partition coefficient (Wildman–Crippen LogP) is 6.73. The number of phenols is 1. The first-order valence-corrected chi connectivity index (χ1v) is 11.6. The number of rotatable bonds is 6. The summed E-state index contributed by atoms with van der Waals surface area (Å²) in [7, 11) is 0. The standard InChI is InChI=1S/C30H23N5O2/c31-23-15-17-24(18-16-23)32-34-28-25-14-8-7-13-22(25)19-26(29(28)36)30(37)35-33-27(20-9-3-1-4-10-20)21-11-5-2-6-12-21/h1-19,36H,31H2,(H,35,37). The molecule has 37 heavy (non-hydrogen) atoms. The molecule has 0 aromatic heterocycles. The molecule has 0 fully saturated rings. The summed E-state index contributed by atoms with van der Waals surface area (Å²) in [5, 5.41) is 25.4. The summed E-state index contributed by atoms with van der Waals surface area (Å²) in [6.45, 7) is 0. The molecule has 7 nitrogen and oxygen atoms in total. The van der Waals surface area contributed by atoms with Gasteiger partial charge in [0, 0.05) is 22.2 Å². The first-order valence-electron chi connectivity index (χ1n) is 11.6. The highest BCUT2D eigenvalue weighted by Crippen LogP contribution is 2.39. The second kappa shape index (κ2) is 10.5. The average Bonchev–Trinajstić information content (AvgIpc) is 2.94. The number of nitrogen functional groups attached to an aromatic ring is 1. The van der Waals surface area contributed by atoms with Crippen molar-refractivity contribution >= 4 is 39.5 Å². The molecule has 5 rings (SSSR count). The molecule has 0 saturated heterocycles.